The van der Waals surface area contributed by atoms with Crippen LogP contribution in [0.5, 0.6) is 0 Å². The van der Waals surface area contributed by atoms with E-state index in [-0.39, 0.29) is 11.3 Å². The van der Waals surface area contributed by atoms with E-state index >= 15 is 0 Å². The molecule has 2 nitrogen and oxygen atoms in total. The van der Waals surface area contributed by atoms with Crippen LogP contribution < -0.4 is 5.32 Å². The number of hydrogen-bond acceptors (Lipinski definition) is 1. The predicted octanol–water partition coefficient (Wildman–Crippen LogP) is 4.10. The molecule has 0 atom stereocenters. The molecule has 0 heterocycles. The summed E-state index contributed by atoms with van der Waals surface area (Å²) in [5.41, 5.74) is 2.10. The second-order valence-corrected chi connectivity index (χ2v) is 5.64. The van der Waals surface area contributed by atoms with Crippen LogP contribution in [0.4, 0.5) is 5.69 Å². The second kappa shape index (κ2) is 4.45. The van der Waals surface area contributed by atoms with Crippen molar-refractivity contribution in [2.24, 2.45) is 0 Å². The highest BCUT2D eigenvalue weighted by Crippen LogP contribution is 2.35. The predicted molar refractivity (Wildman–Crippen MR) is 77.0 cm³/mol. The summed E-state index contributed by atoms with van der Waals surface area (Å²) in [6.45, 7) is 8.02. The molecule has 0 saturated heterocycles. The van der Waals surface area contributed by atoms with Gasteiger partial charge in [-0.15, -0.1) is 0 Å². The Balaban J connectivity index is 2.75. The van der Waals surface area contributed by atoms with Crippen LogP contribution in [0.3, 0.4) is 0 Å². The van der Waals surface area contributed by atoms with Crippen molar-refractivity contribution in [3.63, 3.8) is 0 Å². The molecule has 94 valence electrons. The van der Waals surface area contributed by atoms with E-state index in [1.807, 2.05) is 12.1 Å². The molecular formula is C16H19NO. The lowest BCUT2D eigenvalue weighted by Gasteiger charge is -2.24. The Hall–Kier alpha value is -1.83. The topological polar surface area (TPSA) is 29.1 Å². The van der Waals surface area contributed by atoms with E-state index in [1.165, 1.54) is 0 Å². The monoisotopic (exact) mass is 241 g/mol. The Labute approximate surface area is 108 Å². The van der Waals surface area contributed by atoms with Gasteiger partial charge in [-0.2, -0.15) is 0 Å². The first kappa shape index (κ1) is 12.6. The summed E-state index contributed by atoms with van der Waals surface area (Å²) in [4.78, 5) is 11.4. The van der Waals surface area contributed by atoms with Gasteiger partial charge in [0.25, 0.3) is 0 Å². The number of carbonyl (C=O) groups excluding carboxylic acids is 1. The first-order chi connectivity index (χ1) is 8.39. The van der Waals surface area contributed by atoms with Crippen LogP contribution in [0.1, 0.15) is 33.3 Å². The van der Waals surface area contributed by atoms with Crippen molar-refractivity contribution in [1.82, 2.24) is 0 Å². The molecule has 0 bridgehead atoms. The minimum Gasteiger partial charge on any atom is -0.325 e. The minimum absolute atomic E-state index is 0.00180. The first-order valence-electron chi connectivity index (χ1n) is 6.19. The molecule has 0 aliphatic heterocycles. The molecule has 0 aliphatic carbocycles. The van der Waals surface area contributed by atoms with Gasteiger partial charge in [-0.25, -0.2) is 0 Å². The van der Waals surface area contributed by atoms with Gasteiger partial charge in [0.1, 0.15) is 0 Å². The van der Waals surface area contributed by atoms with Crippen LogP contribution in [0.2, 0.25) is 0 Å². The normalized spacial score (nSPS) is 11.6. The number of benzene rings is 2. The van der Waals surface area contributed by atoms with Crippen molar-refractivity contribution in [3.05, 3.63) is 42.0 Å². The number of amides is 1. The molecule has 0 fully saturated rings. The molecule has 0 saturated carbocycles. The molecule has 1 N–H and O–H groups in total. The fraction of sp³-hybridized carbons (Fsp3) is 0.312. The zero-order valence-corrected chi connectivity index (χ0v) is 11.4. The van der Waals surface area contributed by atoms with Crippen molar-refractivity contribution in [2.75, 3.05) is 5.32 Å². The molecule has 1 amide bonds. The van der Waals surface area contributed by atoms with Crippen LogP contribution in [-0.4, -0.2) is 5.91 Å². The lowest BCUT2D eigenvalue weighted by atomic mass is 9.84. The lowest BCUT2D eigenvalue weighted by molar-refractivity contribution is -0.114. The van der Waals surface area contributed by atoms with E-state index in [0.717, 1.165) is 22.0 Å². The van der Waals surface area contributed by atoms with E-state index in [9.17, 15) is 4.79 Å². The van der Waals surface area contributed by atoms with E-state index in [4.69, 9.17) is 0 Å². The average molecular weight is 241 g/mol. The maximum Gasteiger partial charge on any atom is 0.221 e. The highest BCUT2D eigenvalue weighted by molar-refractivity contribution is 6.03. The van der Waals surface area contributed by atoms with Gasteiger partial charge in [0, 0.05) is 12.3 Å². The summed E-state index contributed by atoms with van der Waals surface area (Å²) in [5.74, 6) is -0.0307. The average Bonchev–Trinajstić information content (AvgIpc) is 2.27. The molecule has 2 rings (SSSR count). The molecule has 0 aromatic heterocycles. The molecule has 2 heteroatoms. The second-order valence-electron chi connectivity index (χ2n) is 5.64. The summed E-state index contributed by atoms with van der Waals surface area (Å²) in [6.07, 6.45) is 0. The SMILES string of the molecule is CC(=O)Nc1c(C(C)(C)C)ccc2ccccc12. The van der Waals surface area contributed by atoms with Gasteiger partial charge >= 0.3 is 0 Å². The summed E-state index contributed by atoms with van der Waals surface area (Å²) in [7, 11) is 0. The van der Waals surface area contributed by atoms with Crippen molar-refractivity contribution in [3.8, 4) is 0 Å². The van der Waals surface area contributed by atoms with Crippen LogP contribution in [0.25, 0.3) is 10.8 Å². The minimum atomic E-state index is -0.0307. The fourth-order valence-corrected chi connectivity index (χ4v) is 2.21. The number of carbonyl (C=O) groups is 1. The van der Waals surface area contributed by atoms with Gasteiger partial charge in [-0.3, -0.25) is 4.79 Å². The highest BCUT2D eigenvalue weighted by atomic mass is 16.1. The van der Waals surface area contributed by atoms with E-state index < -0.39 is 0 Å². The Morgan fingerprint density at radius 2 is 1.72 bits per heavy atom. The summed E-state index contributed by atoms with van der Waals surface area (Å²) < 4.78 is 0. The summed E-state index contributed by atoms with van der Waals surface area (Å²) in [6, 6.07) is 12.3. The molecular weight excluding hydrogens is 222 g/mol. The number of anilines is 1. The number of rotatable bonds is 1. The quantitative estimate of drug-likeness (QED) is 0.800. The molecule has 18 heavy (non-hydrogen) atoms. The third kappa shape index (κ3) is 2.37. The molecule has 0 spiro atoms. The Morgan fingerprint density at radius 1 is 1.06 bits per heavy atom. The van der Waals surface area contributed by atoms with Gasteiger partial charge in [0.05, 0.1) is 5.69 Å². The van der Waals surface area contributed by atoms with E-state index in [2.05, 4.69) is 50.4 Å². The maximum atomic E-state index is 11.4. The molecule has 0 unspecified atom stereocenters. The van der Waals surface area contributed by atoms with E-state index in [1.54, 1.807) is 6.92 Å². The molecule has 0 radical (unpaired) electrons. The Kier molecular flexibility index (Phi) is 3.12. The first-order valence-corrected chi connectivity index (χ1v) is 6.19. The molecule has 2 aromatic carbocycles. The van der Waals surface area contributed by atoms with Crippen molar-refractivity contribution >= 4 is 22.4 Å². The summed E-state index contributed by atoms with van der Waals surface area (Å²) >= 11 is 0. The van der Waals surface area contributed by atoms with Crippen LogP contribution in [0, 0.1) is 0 Å². The van der Waals surface area contributed by atoms with Crippen molar-refractivity contribution in [1.29, 1.82) is 0 Å². The largest absolute Gasteiger partial charge is 0.325 e. The molecule has 2 aromatic rings. The Morgan fingerprint density at radius 3 is 2.33 bits per heavy atom. The van der Waals surface area contributed by atoms with Gasteiger partial charge in [0.2, 0.25) is 5.91 Å². The Bertz CT molecular complexity index is 594. The van der Waals surface area contributed by atoms with Crippen molar-refractivity contribution < 1.29 is 4.79 Å². The smallest absolute Gasteiger partial charge is 0.221 e. The van der Waals surface area contributed by atoms with Gasteiger partial charge in [-0.1, -0.05) is 57.2 Å². The van der Waals surface area contributed by atoms with Gasteiger partial charge in [0.15, 0.2) is 0 Å². The fourth-order valence-electron chi connectivity index (χ4n) is 2.21. The van der Waals surface area contributed by atoms with Crippen LogP contribution in [-0.2, 0) is 10.2 Å². The lowest BCUT2D eigenvalue weighted by Crippen LogP contribution is -2.17. The third-order valence-corrected chi connectivity index (χ3v) is 3.04. The molecule has 0 aliphatic rings. The standard InChI is InChI=1S/C16H19NO/c1-11(18)17-15-13-8-6-5-7-12(13)9-10-14(15)16(2,3)4/h5-10H,1-4H3,(H,17,18). The van der Waals surface area contributed by atoms with Crippen LogP contribution >= 0.6 is 0 Å². The summed E-state index contributed by atoms with van der Waals surface area (Å²) in [5, 5.41) is 5.23. The maximum absolute atomic E-state index is 11.4. The number of fused-ring (bicyclic) bond motifs is 1. The van der Waals surface area contributed by atoms with Gasteiger partial charge < -0.3 is 5.32 Å². The zero-order valence-electron chi connectivity index (χ0n) is 11.4. The highest BCUT2D eigenvalue weighted by Gasteiger charge is 2.20. The van der Waals surface area contributed by atoms with Crippen molar-refractivity contribution in [2.45, 2.75) is 33.1 Å². The van der Waals surface area contributed by atoms with E-state index in [0.29, 0.717) is 0 Å². The van der Waals surface area contributed by atoms with Gasteiger partial charge in [-0.05, 0) is 16.4 Å². The van der Waals surface area contributed by atoms with Crippen LogP contribution in [0.15, 0.2) is 36.4 Å². The zero-order chi connectivity index (χ0) is 13.3. The number of hydrogen-bond donors (Lipinski definition) is 1. The third-order valence-electron chi connectivity index (χ3n) is 3.04. The number of nitrogens with one attached hydrogen (secondary N) is 1.